The maximum atomic E-state index is 12.6. The third-order valence-electron chi connectivity index (χ3n) is 4.35. The zero-order valence-electron chi connectivity index (χ0n) is 13.5. The van der Waals surface area contributed by atoms with Gasteiger partial charge in [0.05, 0.1) is 19.1 Å². The van der Waals surface area contributed by atoms with Crippen LogP contribution in [0.1, 0.15) is 24.8 Å². The minimum absolute atomic E-state index is 0.137. The third kappa shape index (κ3) is 3.78. The van der Waals surface area contributed by atoms with Gasteiger partial charge in [-0.15, -0.1) is 0 Å². The molecule has 1 fully saturated rings. The lowest BCUT2D eigenvalue weighted by Crippen LogP contribution is -2.50. The molecule has 122 valence electrons. The van der Waals surface area contributed by atoms with Crippen LogP contribution in [0.3, 0.4) is 0 Å². The summed E-state index contributed by atoms with van der Waals surface area (Å²) >= 11 is 0. The van der Waals surface area contributed by atoms with Crippen LogP contribution in [-0.2, 0) is 14.9 Å². The van der Waals surface area contributed by atoms with E-state index in [0.717, 1.165) is 43.7 Å². The Bertz CT molecular complexity index is 469. The van der Waals surface area contributed by atoms with E-state index in [0.29, 0.717) is 13.2 Å². The Labute approximate surface area is 132 Å². The van der Waals surface area contributed by atoms with Gasteiger partial charge in [0.25, 0.3) is 0 Å². The molecule has 1 amide bonds. The largest absolute Gasteiger partial charge is 0.497 e. The van der Waals surface area contributed by atoms with Crippen molar-refractivity contribution in [2.45, 2.75) is 24.7 Å². The van der Waals surface area contributed by atoms with Gasteiger partial charge in [-0.05, 0) is 30.5 Å². The van der Waals surface area contributed by atoms with E-state index in [2.05, 4.69) is 10.6 Å². The van der Waals surface area contributed by atoms with E-state index in [1.54, 1.807) is 14.2 Å². The number of ether oxygens (including phenoxy) is 2. The van der Waals surface area contributed by atoms with Crippen molar-refractivity contribution in [3.8, 4) is 5.75 Å². The second-order valence-electron chi connectivity index (χ2n) is 5.66. The summed E-state index contributed by atoms with van der Waals surface area (Å²) in [5, 5.41) is 6.28. The van der Waals surface area contributed by atoms with Gasteiger partial charge < -0.3 is 20.1 Å². The van der Waals surface area contributed by atoms with E-state index in [1.165, 1.54) is 0 Å². The van der Waals surface area contributed by atoms with Gasteiger partial charge in [-0.25, -0.2) is 0 Å². The van der Waals surface area contributed by atoms with Crippen molar-refractivity contribution in [2.24, 2.45) is 0 Å². The summed E-state index contributed by atoms with van der Waals surface area (Å²) in [4.78, 5) is 12.6. The Morgan fingerprint density at radius 1 is 1.14 bits per heavy atom. The molecule has 1 saturated carbocycles. The first-order valence-corrected chi connectivity index (χ1v) is 7.85. The monoisotopic (exact) mass is 306 g/mol. The number of hydrogen-bond donors (Lipinski definition) is 2. The first kappa shape index (κ1) is 16.8. The number of benzene rings is 1. The highest BCUT2D eigenvalue weighted by Gasteiger charge is 2.45. The van der Waals surface area contributed by atoms with Gasteiger partial charge in [-0.3, -0.25) is 4.79 Å². The van der Waals surface area contributed by atoms with Crippen LogP contribution in [0.25, 0.3) is 0 Å². The molecule has 2 rings (SSSR count). The third-order valence-corrected chi connectivity index (χ3v) is 4.35. The summed E-state index contributed by atoms with van der Waals surface area (Å²) in [6.45, 7) is 2.88. The number of carbonyl (C=O) groups is 1. The van der Waals surface area contributed by atoms with Gasteiger partial charge in [0, 0.05) is 26.7 Å². The van der Waals surface area contributed by atoms with Crippen molar-refractivity contribution in [1.82, 2.24) is 10.6 Å². The van der Waals surface area contributed by atoms with E-state index in [9.17, 15) is 4.79 Å². The van der Waals surface area contributed by atoms with E-state index < -0.39 is 0 Å². The van der Waals surface area contributed by atoms with Crippen molar-refractivity contribution in [1.29, 1.82) is 0 Å². The molecule has 0 heterocycles. The van der Waals surface area contributed by atoms with Crippen molar-refractivity contribution in [3.63, 3.8) is 0 Å². The van der Waals surface area contributed by atoms with Crippen LogP contribution < -0.4 is 15.4 Å². The lowest BCUT2D eigenvalue weighted by atomic mass is 9.64. The highest BCUT2D eigenvalue weighted by molar-refractivity contribution is 5.89. The second kappa shape index (κ2) is 8.15. The molecule has 2 N–H and O–H groups in total. The molecule has 0 radical (unpaired) electrons. The molecule has 0 saturated heterocycles. The Balaban J connectivity index is 1.87. The second-order valence-corrected chi connectivity index (χ2v) is 5.66. The molecule has 22 heavy (non-hydrogen) atoms. The van der Waals surface area contributed by atoms with Crippen LogP contribution >= 0.6 is 0 Å². The van der Waals surface area contributed by atoms with E-state index in [1.807, 2.05) is 24.3 Å². The minimum atomic E-state index is -0.348. The number of rotatable bonds is 9. The number of methoxy groups -OCH3 is 2. The molecule has 1 aromatic carbocycles. The van der Waals surface area contributed by atoms with Gasteiger partial charge >= 0.3 is 0 Å². The van der Waals surface area contributed by atoms with E-state index in [-0.39, 0.29) is 11.3 Å². The van der Waals surface area contributed by atoms with Gasteiger partial charge in [0.15, 0.2) is 0 Å². The molecular formula is C17H26N2O3. The van der Waals surface area contributed by atoms with Gasteiger partial charge in [0.1, 0.15) is 5.75 Å². The summed E-state index contributed by atoms with van der Waals surface area (Å²) in [6, 6.07) is 7.87. The lowest BCUT2D eigenvalue weighted by molar-refractivity contribution is -0.129. The molecule has 0 aliphatic heterocycles. The van der Waals surface area contributed by atoms with Crippen LogP contribution in [0.5, 0.6) is 5.75 Å². The van der Waals surface area contributed by atoms with Crippen LogP contribution in [0.15, 0.2) is 24.3 Å². The molecule has 0 unspecified atom stereocenters. The quantitative estimate of drug-likeness (QED) is 0.678. The SMILES string of the molecule is COCCNCCNC(=O)C1(c2ccc(OC)cc2)CCC1. The molecule has 1 aromatic rings. The molecule has 0 spiro atoms. The zero-order chi connectivity index (χ0) is 15.8. The maximum Gasteiger partial charge on any atom is 0.230 e. The maximum absolute atomic E-state index is 12.6. The Hall–Kier alpha value is -1.59. The molecule has 0 bridgehead atoms. The molecule has 0 atom stereocenters. The Kier molecular flexibility index (Phi) is 6.21. The van der Waals surface area contributed by atoms with Crippen molar-refractivity contribution in [3.05, 3.63) is 29.8 Å². The first-order valence-electron chi connectivity index (χ1n) is 7.85. The van der Waals surface area contributed by atoms with Crippen LogP contribution in [-0.4, -0.2) is 46.4 Å². The van der Waals surface area contributed by atoms with Crippen molar-refractivity contribution >= 4 is 5.91 Å². The summed E-state index contributed by atoms with van der Waals surface area (Å²) in [5.74, 6) is 0.957. The molecule has 0 aromatic heterocycles. The predicted molar refractivity (Wildman–Crippen MR) is 86.3 cm³/mol. The molecule has 5 heteroatoms. The van der Waals surface area contributed by atoms with Gasteiger partial charge in [0.2, 0.25) is 5.91 Å². The Morgan fingerprint density at radius 2 is 1.86 bits per heavy atom. The van der Waals surface area contributed by atoms with Crippen LogP contribution in [0.2, 0.25) is 0 Å². The normalized spacial score (nSPS) is 15.9. The first-order chi connectivity index (χ1) is 10.7. The highest BCUT2D eigenvalue weighted by Crippen LogP contribution is 2.44. The fraction of sp³-hybridized carbons (Fsp3) is 0.588. The number of amides is 1. The Morgan fingerprint density at radius 3 is 2.41 bits per heavy atom. The average molecular weight is 306 g/mol. The highest BCUT2D eigenvalue weighted by atomic mass is 16.5. The van der Waals surface area contributed by atoms with Crippen LogP contribution in [0.4, 0.5) is 0 Å². The molecule has 1 aliphatic rings. The zero-order valence-corrected chi connectivity index (χ0v) is 13.5. The molecule has 1 aliphatic carbocycles. The molecular weight excluding hydrogens is 280 g/mol. The smallest absolute Gasteiger partial charge is 0.230 e. The van der Waals surface area contributed by atoms with Gasteiger partial charge in [-0.1, -0.05) is 18.6 Å². The van der Waals surface area contributed by atoms with Crippen molar-refractivity contribution in [2.75, 3.05) is 40.5 Å². The number of carbonyl (C=O) groups excluding carboxylic acids is 1. The van der Waals surface area contributed by atoms with Crippen LogP contribution in [0, 0.1) is 0 Å². The van der Waals surface area contributed by atoms with E-state index in [4.69, 9.17) is 9.47 Å². The van der Waals surface area contributed by atoms with Crippen molar-refractivity contribution < 1.29 is 14.3 Å². The predicted octanol–water partition coefficient (Wildman–Crippen LogP) is 1.47. The standard InChI is InChI=1S/C17H26N2O3/c1-21-13-12-18-10-11-19-16(20)17(8-3-9-17)14-4-6-15(22-2)7-5-14/h4-7,18H,3,8-13H2,1-2H3,(H,19,20). The number of nitrogens with one attached hydrogen (secondary N) is 2. The molecule has 5 nitrogen and oxygen atoms in total. The fourth-order valence-electron chi connectivity index (χ4n) is 2.82. The van der Waals surface area contributed by atoms with Gasteiger partial charge in [-0.2, -0.15) is 0 Å². The minimum Gasteiger partial charge on any atom is -0.497 e. The van der Waals surface area contributed by atoms with E-state index >= 15 is 0 Å². The summed E-state index contributed by atoms with van der Waals surface area (Å²) < 4.78 is 10.2. The topological polar surface area (TPSA) is 59.6 Å². The summed E-state index contributed by atoms with van der Waals surface area (Å²) in [6.07, 6.45) is 2.94. The fourth-order valence-corrected chi connectivity index (χ4v) is 2.82. The summed E-state index contributed by atoms with van der Waals surface area (Å²) in [7, 11) is 3.33. The number of hydrogen-bond acceptors (Lipinski definition) is 4. The summed E-state index contributed by atoms with van der Waals surface area (Å²) in [5.41, 5.74) is 0.739. The lowest BCUT2D eigenvalue weighted by Gasteiger charge is -2.40. The average Bonchev–Trinajstić information content (AvgIpc) is 2.50.